The number of aliphatic hydroxyl groups is 1. The number of rotatable bonds is 3. The summed E-state index contributed by atoms with van der Waals surface area (Å²) in [6.07, 6.45) is 14.0. The highest BCUT2D eigenvalue weighted by Crippen LogP contribution is 2.44. The lowest BCUT2D eigenvalue weighted by Gasteiger charge is -2.23. The van der Waals surface area contributed by atoms with Gasteiger partial charge in [0.2, 0.25) is 0 Å². The molecule has 2 heterocycles. The summed E-state index contributed by atoms with van der Waals surface area (Å²) in [5.74, 6) is 0.485. The van der Waals surface area contributed by atoms with Crippen molar-refractivity contribution in [3.63, 3.8) is 0 Å². The Morgan fingerprint density at radius 1 is 1.35 bits per heavy atom. The number of hydrogen-bond donors (Lipinski definition) is 1. The number of fused-ring (bicyclic) bond motifs is 2. The van der Waals surface area contributed by atoms with Crippen molar-refractivity contribution >= 4 is 5.57 Å². The second-order valence-electron chi connectivity index (χ2n) is 6.30. The lowest BCUT2D eigenvalue weighted by Crippen LogP contribution is -2.23. The van der Waals surface area contributed by atoms with Crippen LogP contribution >= 0.6 is 0 Å². The molecule has 1 saturated carbocycles. The maximum absolute atomic E-state index is 10.6. The van der Waals surface area contributed by atoms with Gasteiger partial charge in [-0.25, -0.2) is 4.68 Å². The Kier molecular flexibility index (Phi) is 2.99. The molecule has 2 atom stereocenters. The predicted molar refractivity (Wildman–Crippen MR) is 76.9 cm³/mol. The van der Waals surface area contributed by atoms with E-state index in [4.69, 9.17) is 0 Å². The topological polar surface area (TPSA) is 50.9 Å². The summed E-state index contributed by atoms with van der Waals surface area (Å²) in [5.41, 5.74) is 3.91. The molecule has 0 radical (unpaired) electrons. The van der Waals surface area contributed by atoms with Gasteiger partial charge in [0.1, 0.15) is 0 Å². The highest BCUT2D eigenvalue weighted by molar-refractivity contribution is 5.73. The Labute approximate surface area is 119 Å². The molecule has 1 fully saturated rings. The quantitative estimate of drug-likeness (QED) is 0.919. The molecule has 2 unspecified atom stereocenters. The summed E-state index contributed by atoms with van der Waals surface area (Å²) >= 11 is 0. The van der Waals surface area contributed by atoms with Crippen LogP contribution in [0, 0.1) is 5.92 Å². The average Bonchev–Trinajstić information content (AvgIpc) is 3.17. The van der Waals surface area contributed by atoms with Crippen molar-refractivity contribution in [3.05, 3.63) is 29.6 Å². The van der Waals surface area contributed by atoms with Gasteiger partial charge >= 0.3 is 0 Å². The highest BCUT2D eigenvalue weighted by atomic mass is 16.3. The summed E-state index contributed by atoms with van der Waals surface area (Å²) in [4.78, 5) is 0. The van der Waals surface area contributed by atoms with Crippen LogP contribution in [0.5, 0.6) is 0 Å². The van der Waals surface area contributed by atoms with E-state index < -0.39 is 0 Å². The molecule has 1 aromatic heterocycles. The van der Waals surface area contributed by atoms with Crippen LogP contribution < -0.4 is 0 Å². The molecule has 1 N–H and O–H groups in total. The molecule has 0 saturated heterocycles. The Hall–Kier alpha value is -1.42. The maximum Gasteiger partial charge on any atom is 0.0856 e. The first kappa shape index (κ1) is 12.3. The fraction of sp³-hybridized carbons (Fsp3) is 0.625. The van der Waals surface area contributed by atoms with Crippen LogP contribution in [-0.2, 0) is 0 Å². The molecular formula is C16H21N3O. The third kappa shape index (κ3) is 1.85. The van der Waals surface area contributed by atoms with Crippen LogP contribution in [0.15, 0.2) is 23.9 Å². The summed E-state index contributed by atoms with van der Waals surface area (Å²) in [6.45, 7) is 0. The van der Waals surface area contributed by atoms with Gasteiger partial charge in [-0.2, -0.15) is 0 Å². The van der Waals surface area contributed by atoms with Crippen molar-refractivity contribution in [2.75, 3.05) is 0 Å². The van der Waals surface area contributed by atoms with Gasteiger partial charge in [0.25, 0.3) is 0 Å². The molecule has 3 aliphatic rings. The predicted octanol–water partition coefficient (Wildman–Crippen LogP) is 2.88. The second-order valence-corrected chi connectivity index (χ2v) is 6.30. The average molecular weight is 271 g/mol. The second kappa shape index (κ2) is 4.85. The van der Waals surface area contributed by atoms with Gasteiger partial charge in [-0.15, -0.1) is 5.10 Å². The van der Waals surface area contributed by atoms with E-state index in [2.05, 4.69) is 22.5 Å². The molecule has 106 valence electrons. The van der Waals surface area contributed by atoms with Gasteiger partial charge < -0.3 is 5.11 Å². The zero-order valence-electron chi connectivity index (χ0n) is 11.7. The minimum Gasteiger partial charge on any atom is -0.393 e. The first-order valence-electron chi connectivity index (χ1n) is 7.83. The zero-order valence-corrected chi connectivity index (χ0v) is 11.7. The van der Waals surface area contributed by atoms with E-state index in [0.29, 0.717) is 5.92 Å². The van der Waals surface area contributed by atoms with Crippen molar-refractivity contribution in [3.8, 4) is 0 Å². The summed E-state index contributed by atoms with van der Waals surface area (Å²) < 4.78 is 2.03. The van der Waals surface area contributed by atoms with E-state index in [1.165, 1.54) is 36.8 Å². The first-order valence-corrected chi connectivity index (χ1v) is 7.83. The molecule has 0 aromatic carbocycles. The van der Waals surface area contributed by atoms with Gasteiger partial charge in [0.05, 0.1) is 24.0 Å². The lowest BCUT2D eigenvalue weighted by molar-refractivity contribution is 0.0896. The van der Waals surface area contributed by atoms with E-state index in [0.717, 1.165) is 25.0 Å². The minimum atomic E-state index is -0.207. The van der Waals surface area contributed by atoms with Gasteiger partial charge in [-0.3, -0.25) is 0 Å². The number of allylic oxidation sites excluding steroid dienone is 4. The molecule has 0 amide bonds. The third-order valence-electron chi connectivity index (χ3n) is 5.15. The molecule has 1 aromatic rings. The Balaban J connectivity index is 1.61. The minimum absolute atomic E-state index is 0.189. The number of nitrogens with zero attached hydrogens (tertiary/aromatic N) is 3. The molecule has 0 spiro atoms. The maximum atomic E-state index is 10.6. The normalized spacial score (nSPS) is 26.9. The van der Waals surface area contributed by atoms with Crippen LogP contribution in [0.25, 0.3) is 5.57 Å². The van der Waals surface area contributed by atoms with E-state index in [1.54, 1.807) is 0 Å². The summed E-state index contributed by atoms with van der Waals surface area (Å²) in [7, 11) is 0. The zero-order chi connectivity index (χ0) is 13.5. The first-order chi connectivity index (χ1) is 9.84. The van der Waals surface area contributed by atoms with E-state index >= 15 is 0 Å². The van der Waals surface area contributed by atoms with Crippen LogP contribution in [0.2, 0.25) is 0 Å². The molecule has 0 bridgehead atoms. The molecule has 2 aliphatic carbocycles. The van der Waals surface area contributed by atoms with E-state index in [1.807, 2.05) is 10.9 Å². The molecule has 1 aliphatic heterocycles. The SMILES string of the molecule is OC(CC1C2=C(CCC=C2)c2cnnn21)C1CCCC1. The monoisotopic (exact) mass is 271 g/mol. The largest absolute Gasteiger partial charge is 0.393 e. The number of aliphatic hydroxyl groups excluding tert-OH is 1. The molecule has 20 heavy (non-hydrogen) atoms. The van der Waals surface area contributed by atoms with Gasteiger partial charge in [0.15, 0.2) is 0 Å². The molecule has 4 nitrogen and oxygen atoms in total. The van der Waals surface area contributed by atoms with Crippen LogP contribution in [0.4, 0.5) is 0 Å². The van der Waals surface area contributed by atoms with Gasteiger partial charge in [0, 0.05) is 6.42 Å². The summed E-state index contributed by atoms with van der Waals surface area (Å²) in [5, 5.41) is 18.9. The van der Waals surface area contributed by atoms with Crippen molar-refractivity contribution in [1.29, 1.82) is 0 Å². The van der Waals surface area contributed by atoms with Crippen molar-refractivity contribution < 1.29 is 5.11 Å². The molecule has 4 heteroatoms. The van der Waals surface area contributed by atoms with Crippen molar-refractivity contribution in [2.24, 2.45) is 5.92 Å². The van der Waals surface area contributed by atoms with E-state index in [-0.39, 0.29) is 12.1 Å². The van der Waals surface area contributed by atoms with Crippen LogP contribution in [0.3, 0.4) is 0 Å². The van der Waals surface area contributed by atoms with Crippen molar-refractivity contribution in [1.82, 2.24) is 15.0 Å². The highest BCUT2D eigenvalue weighted by Gasteiger charge is 2.35. The van der Waals surface area contributed by atoms with Crippen LogP contribution in [-0.4, -0.2) is 26.2 Å². The van der Waals surface area contributed by atoms with Crippen molar-refractivity contribution in [2.45, 2.75) is 57.1 Å². The van der Waals surface area contributed by atoms with Crippen LogP contribution in [0.1, 0.15) is 56.7 Å². The molecule has 4 rings (SSSR count). The third-order valence-corrected chi connectivity index (χ3v) is 5.15. The Bertz CT molecular complexity index is 566. The standard InChI is InChI=1S/C16H21N3O/c20-16(11-5-1-2-6-11)9-14-12-7-3-4-8-13(12)15-10-17-18-19(14)15/h3,7,10-11,14,16,20H,1-2,4-6,8-9H2. The van der Waals surface area contributed by atoms with E-state index in [9.17, 15) is 5.11 Å². The number of aromatic nitrogens is 3. The fourth-order valence-electron chi connectivity index (χ4n) is 4.08. The van der Waals surface area contributed by atoms with Gasteiger partial charge in [-0.05, 0) is 42.7 Å². The Morgan fingerprint density at radius 2 is 2.20 bits per heavy atom. The fourth-order valence-corrected chi connectivity index (χ4v) is 4.08. The van der Waals surface area contributed by atoms with Gasteiger partial charge in [-0.1, -0.05) is 30.2 Å². The number of hydrogen-bond acceptors (Lipinski definition) is 3. The smallest absolute Gasteiger partial charge is 0.0856 e. The lowest BCUT2D eigenvalue weighted by atomic mass is 9.89. The molecular weight excluding hydrogens is 250 g/mol. The Morgan fingerprint density at radius 3 is 3.05 bits per heavy atom. The summed E-state index contributed by atoms with van der Waals surface area (Å²) in [6, 6.07) is 0.189.